The second kappa shape index (κ2) is 8.10. The number of thiocarbonyl (C=S) groups is 1. The number of hydrogen-bond donors (Lipinski definition) is 1. The number of carbonyl (C=O) groups is 1. The van der Waals surface area contributed by atoms with Crippen LogP contribution in [0.25, 0.3) is 6.08 Å². The molecule has 0 spiro atoms. The molecule has 2 aromatic rings. The van der Waals surface area contributed by atoms with Crippen LogP contribution in [0.5, 0.6) is 0 Å². The Balaban J connectivity index is 1.78. The molecule has 3 rings (SSSR count). The zero-order chi connectivity index (χ0) is 18.0. The van der Waals surface area contributed by atoms with E-state index in [1.807, 2.05) is 24.3 Å². The fraction of sp³-hybridized carbons (Fsp3) is 0.0588. The summed E-state index contributed by atoms with van der Waals surface area (Å²) in [5, 5.41) is 4.18. The standard InChI is InChI=1S/C17H11BrCl2N2OS2/c18-11-4-1-2-7-14(11)21-9-22-16(23)15(25-17(22)24)8-10-12(19)5-3-6-13(10)20/h1-8,21H,9H2. The van der Waals surface area contributed by atoms with E-state index in [1.165, 1.54) is 16.7 Å². The third-order valence-electron chi connectivity index (χ3n) is 3.45. The second-order valence-corrected chi connectivity index (χ2v) is 8.40. The van der Waals surface area contributed by atoms with Crippen LogP contribution in [-0.4, -0.2) is 21.8 Å². The Morgan fingerprint density at radius 3 is 2.52 bits per heavy atom. The average molecular weight is 474 g/mol. The molecule has 0 bridgehead atoms. The van der Waals surface area contributed by atoms with Crippen molar-refractivity contribution in [3.05, 3.63) is 67.5 Å². The smallest absolute Gasteiger partial charge is 0.267 e. The number of carbonyl (C=O) groups excluding carboxylic acids is 1. The van der Waals surface area contributed by atoms with Crippen molar-refractivity contribution in [1.29, 1.82) is 0 Å². The summed E-state index contributed by atoms with van der Waals surface area (Å²) in [5.41, 5.74) is 1.50. The lowest BCUT2D eigenvalue weighted by atomic mass is 10.2. The number of halogens is 3. The summed E-state index contributed by atoms with van der Waals surface area (Å²) in [6, 6.07) is 12.9. The third kappa shape index (κ3) is 4.20. The van der Waals surface area contributed by atoms with Crippen LogP contribution < -0.4 is 5.32 Å². The van der Waals surface area contributed by atoms with E-state index in [4.69, 9.17) is 35.4 Å². The number of nitrogens with one attached hydrogen (secondary N) is 1. The van der Waals surface area contributed by atoms with Gasteiger partial charge in [0.05, 0.1) is 11.6 Å². The van der Waals surface area contributed by atoms with Crippen molar-refractivity contribution in [1.82, 2.24) is 4.90 Å². The highest BCUT2D eigenvalue weighted by atomic mass is 79.9. The first kappa shape index (κ1) is 18.7. The molecule has 1 heterocycles. The van der Waals surface area contributed by atoms with E-state index < -0.39 is 0 Å². The number of thioether (sulfide) groups is 1. The van der Waals surface area contributed by atoms with Gasteiger partial charge in [-0.25, -0.2) is 0 Å². The lowest BCUT2D eigenvalue weighted by Gasteiger charge is -2.17. The fourth-order valence-electron chi connectivity index (χ4n) is 2.18. The van der Waals surface area contributed by atoms with Gasteiger partial charge in [-0.05, 0) is 46.3 Å². The molecule has 0 atom stereocenters. The molecule has 2 aromatic carbocycles. The Hall–Kier alpha value is -1.05. The van der Waals surface area contributed by atoms with Crippen molar-refractivity contribution in [3.8, 4) is 0 Å². The Morgan fingerprint density at radius 1 is 1.16 bits per heavy atom. The van der Waals surface area contributed by atoms with Crippen LogP contribution in [-0.2, 0) is 4.79 Å². The summed E-state index contributed by atoms with van der Waals surface area (Å²) in [7, 11) is 0. The monoisotopic (exact) mass is 472 g/mol. The summed E-state index contributed by atoms with van der Waals surface area (Å²) in [6.07, 6.45) is 1.68. The van der Waals surface area contributed by atoms with Crippen LogP contribution in [0, 0.1) is 0 Å². The molecule has 0 saturated carbocycles. The summed E-state index contributed by atoms with van der Waals surface area (Å²) in [4.78, 5) is 14.7. The molecule has 1 aliphatic rings. The van der Waals surface area contributed by atoms with Crippen molar-refractivity contribution in [2.45, 2.75) is 0 Å². The molecule has 1 N–H and O–H groups in total. The van der Waals surface area contributed by atoms with Crippen molar-refractivity contribution < 1.29 is 4.79 Å². The summed E-state index contributed by atoms with van der Waals surface area (Å²) in [6.45, 7) is 0.279. The largest absolute Gasteiger partial charge is 0.366 e. The lowest BCUT2D eigenvalue weighted by molar-refractivity contribution is -0.121. The van der Waals surface area contributed by atoms with Gasteiger partial charge in [0.1, 0.15) is 4.32 Å². The highest BCUT2D eigenvalue weighted by Gasteiger charge is 2.32. The van der Waals surface area contributed by atoms with Gasteiger partial charge < -0.3 is 5.32 Å². The number of anilines is 1. The second-order valence-electron chi connectivity index (χ2n) is 5.06. The molecule has 3 nitrogen and oxygen atoms in total. The van der Waals surface area contributed by atoms with Gasteiger partial charge in [0, 0.05) is 25.8 Å². The van der Waals surface area contributed by atoms with Crippen molar-refractivity contribution in [2.24, 2.45) is 0 Å². The molecule has 8 heteroatoms. The van der Waals surface area contributed by atoms with Crippen LogP contribution in [0.15, 0.2) is 51.8 Å². The van der Waals surface area contributed by atoms with Crippen LogP contribution in [0.4, 0.5) is 5.69 Å². The third-order valence-corrected chi connectivity index (χ3v) is 6.18. The van der Waals surface area contributed by atoms with Gasteiger partial charge in [-0.2, -0.15) is 0 Å². The predicted molar refractivity (Wildman–Crippen MR) is 114 cm³/mol. The molecule has 1 aliphatic heterocycles. The summed E-state index contributed by atoms with van der Waals surface area (Å²) >= 11 is 22.4. The minimum Gasteiger partial charge on any atom is -0.366 e. The highest BCUT2D eigenvalue weighted by molar-refractivity contribution is 9.10. The van der Waals surface area contributed by atoms with E-state index in [2.05, 4.69) is 21.2 Å². The van der Waals surface area contributed by atoms with Gasteiger partial charge in [-0.1, -0.05) is 65.4 Å². The fourth-order valence-corrected chi connectivity index (χ4v) is 4.35. The van der Waals surface area contributed by atoms with Gasteiger partial charge in [-0.3, -0.25) is 9.69 Å². The van der Waals surface area contributed by atoms with Crippen LogP contribution >= 0.6 is 63.1 Å². The molecule has 1 fully saturated rings. The molecule has 0 unspecified atom stereocenters. The molecule has 0 aliphatic carbocycles. The van der Waals surface area contributed by atoms with Crippen LogP contribution in [0.3, 0.4) is 0 Å². The van der Waals surface area contributed by atoms with E-state index in [9.17, 15) is 4.79 Å². The number of nitrogens with zero attached hydrogens (tertiary/aromatic N) is 1. The molecule has 25 heavy (non-hydrogen) atoms. The van der Waals surface area contributed by atoms with E-state index in [1.54, 1.807) is 24.3 Å². The Bertz CT molecular complexity index is 868. The average Bonchev–Trinajstić information content (AvgIpc) is 2.84. The summed E-state index contributed by atoms with van der Waals surface area (Å²) in [5.74, 6) is -0.175. The minimum atomic E-state index is -0.175. The van der Waals surface area contributed by atoms with Gasteiger partial charge in [-0.15, -0.1) is 0 Å². The molecular weight excluding hydrogens is 463 g/mol. The molecule has 0 aromatic heterocycles. The molecule has 1 amide bonds. The SMILES string of the molecule is O=C1C(=Cc2c(Cl)cccc2Cl)SC(=S)N1CNc1ccccc1Br. The Morgan fingerprint density at radius 2 is 1.84 bits per heavy atom. The quantitative estimate of drug-likeness (QED) is 0.434. The number of amides is 1. The zero-order valence-corrected chi connectivity index (χ0v) is 17.4. The molecule has 128 valence electrons. The number of hydrogen-bond acceptors (Lipinski definition) is 4. The van der Waals surface area contributed by atoms with Gasteiger partial charge in [0.15, 0.2) is 0 Å². The Kier molecular flexibility index (Phi) is 6.07. The first-order valence-electron chi connectivity index (χ1n) is 7.15. The van der Waals surface area contributed by atoms with Crippen LogP contribution in [0.1, 0.15) is 5.56 Å². The molecule has 0 radical (unpaired) electrons. The van der Waals surface area contributed by atoms with Crippen molar-refractivity contribution >= 4 is 85.1 Å². The van der Waals surface area contributed by atoms with Crippen LogP contribution in [0.2, 0.25) is 10.0 Å². The maximum Gasteiger partial charge on any atom is 0.267 e. The molecule has 1 saturated heterocycles. The van der Waals surface area contributed by atoms with E-state index >= 15 is 0 Å². The van der Waals surface area contributed by atoms with Crippen molar-refractivity contribution in [2.75, 3.05) is 12.0 Å². The number of para-hydroxylation sites is 1. The first-order valence-corrected chi connectivity index (χ1v) is 9.92. The molecular formula is C17H11BrCl2N2OS2. The maximum atomic E-state index is 12.7. The zero-order valence-electron chi connectivity index (χ0n) is 12.6. The minimum absolute atomic E-state index is 0.175. The van der Waals surface area contributed by atoms with Crippen molar-refractivity contribution in [3.63, 3.8) is 0 Å². The Labute approximate surface area is 173 Å². The summed E-state index contributed by atoms with van der Waals surface area (Å²) < 4.78 is 1.40. The van der Waals surface area contributed by atoms with E-state index in [0.717, 1.165) is 10.2 Å². The van der Waals surface area contributed by atoms with E-state index in [0.29, 0.717) is 24.8 Å². The predicted octanol–water partition coefficient (Wildman–Crippen LogP) is 6.03. The van der Waals surface area contributed by atoms with Gasteiger partial charge in [0.2, 0.25) is 0 Å². The first-order chi connectivity index (χ1) is 12.0. The number of rotatable bonds is 4. The normalized spacial score (nSPS) is 16.0. The van der Waals surface area contributed by atoms with Gasteiger partial charge in [0.25, 0.3) is 5.91 Å². The maximum absolute atomic E-state index is 12.7. The topological polar surface area (TPSA) is 32.3 Å². The van der Waals surface area contributed by atoms with E-state index in [-0.39, 0.29) is 12.6 Å². The highest BCUT2D eigenvalue weighted by Crippen LogP contribution is 2.35. The number of benzene rings is 2. The van der Waals surface area contributed by atoms with Gasteiger partial charge >= 0.3 is 0 Å². The lowest BCUT2D eigenvalue weighted by Crippen LogP contribution is -2.33.